The molecule has 3 rings (SSSR count). The average molecular weight is 369 g/mol. The molecule has 0 saturated carbocycles. The van der Waals surface area contributed by atoms with Crippen molar-refractivity contribution in [2.75, 3.05) is 26.2 Å². The molecule has 1 heterocycles. The van der Waals surface area contributed by atoms with Gasteiger partial charge < -0.3 is 10.1 Å². The largest absolute Gasteiger partial charge is 0.489 e. The normalized spacial score (nSPS) is 15.7. The maximum absolute atomic E-state index is 5.94. The molecule has 1 aliphatic rings. The Bertz CT molecular complexity index is 589. The Hall–Kier alpha value is -1.26. The summed E-state index contributed by atoms with van der Waals surface area (Å²) in [7, 11) is 0. The minimum absolute atomic E-state index is 0. The zero-order valence-electron chi connectivity index (χ0n) is 14.0. The van der Waals surface area contributed by atoms with Crippen LogP contribution in [0.4, 0.5) is 0 Å². The quantitative estimate of drug-likeness (QED) is 0.860. The first-order valence-electron chi connectivity index (χ1n) is 8.04. The van der Waals surface area contributed by atoms with Crippen molar-refractivity contribution in [1.29, 1.82) is 0 Å². The van der Waals surface area contributed by atoms with Gasteiger partial charge in [-0.25, -0.2) is 0 Å². The van der Waals surface area contributed by atoms with Crippen LogP contribution >= 0.6 is 24.8 Å². The summed E-state index contributed by atoms with van der Waals surface area (Å²) < 4.78 is 5.94. The van der Waals surface area contributed by atoms with E-state index in [2.05, 4.69) is 47.5 Å². The molecular formula is C19H26Cl2N2O. The fourth-order valence-corrected chi connectivity index (χ4v) is 2.89. The van der Waals surface area contributed by atoms with Gasteiger partial charge in [0.15, 0.2) is 0 Å². The van der Waals surface area contributed by atoms with Crippen molar-refractivity contribution in [2.45, 2.75) is 19.6 Å². The lowest BCUT2D eigenvalue weighted by Crippen LogP contribution is -2.44. The third-order valence-corrected chi connectivity index (χ3v) is 4.29. The van der Waals surface area contributed by atoms with E-state index in [1.54, 1.807) is 0 Å². The van der Waals surface area contributed by atoms with E-state index < -0.39 is 0 Å². The molecule has 24 heavy (non-hydrogen) atoms. The monoisotopic (exact) mass is 368 g/mol. The SMILES string of the molecule is C[C@@H](c1cccc(OCc2ccccc2)c1)N1CCNCC1.Cl.Cl. The summed E-state index contributed by atoms with van der Waals surface area (Å²) >= 11 is 0. The van der Waals surface area contributed by atoms with Gasteiger partial charge in [0.05, 0.1) is 0 Å². The van der Waals surface area contributed by atoms with Crippen molar-refractivity contribution >= 4 is 24.8 Å². The highest BCUT2D eigenvalue weighted by Crippen LogP contribution is 2.24. The molecule has 0 radical (unpaired) electrons. The first-order valence-corrected chi connectivity index (χ1v) is 8.04. The number of hydrogen-bond donors (Lipinski definition) is 1. The number of hydrogen-bond acceptors (Lipinski definition) is 3. The Morgan fingerprint density at radius 1 is 1.00 bits per heavy atom. The lowest BCUT2D eigenvalue weighted by atomic mass is 10.1. The lowest BCUT2D eigenvalue weighted by Gasteiger charge is -2.33. The fraction of sp³-hybridized carbons (Fsp3) is 0.368. The second-order valence-electron chi connectivity index (χ2n) is 5.81. The van der Waals surface area contributed by atoms with Crippen LogP contribution in [0.25, 0.3) is 0 Å². The fourth-order valence-electron chi connectivity index (χ4n) is 2.89. The zero-order chi connectivity index (χ0) is 15.2. The van der Waals surface area contributed by atoms with Gasteiger partial charge in [0.25, 0.3) is 0 Å². The molecule has 3 nitrogen and oxygen atoms in total. The van der Waals surface area contributed by atoms with Gasteiger partial charge in [-0.15, -0.1) is 24.8 Å². The summed E-state index contributed by atoms with van der Waals surface area (Å²) in [6.07, 6.45) is 0. The van der Waals surface area contributed by atoms with Crippen LogP contribution in [0.15, 0.2) is 54.6 Å². The number of ether oxygens (including phenoxy) is 1. The Labute approximate surface area is 157 Å². The molecule has 0 aliphatic carbocycles. The van der Waals surface area contributed by atoms with Gasteiger partial charge in [-0.2, -0.15) is 0 Å². The molecular weight excluding hydrogens is 343 g/mol. The Kier molecular flexibility index (Phi) is 9.16. The molecule has 0 spiro atoms. The maximum atomic E-state index is 5.94. The first kappa shape index (κ1) is 20.8. The summed E-state index contributed by atoms with van der Waals surface area (Å²) in [6.45, 7) is 7.27. The van der Waals surface area contributed by atoms with Crippen molar-refractivity contribution in [3.63, 3.8) is 0 Å². The maximum Gasteiger partial charge on any atom is 0.120 e. The van der Waals surface area contributed by atoms with Crippen molar-refractivity contribution in [1.82, 2.24) is 10.2 Å². The summed E-state index contributed by atoms with van der Waals surface area (Å²) in [6, 6.07) is 19.2. The molecule has 0 unspecified atom stereocenters. The Balaban J connectivity index is 0.00000144. The number of benzene rings is 2. The molecule has 1 aliphatic heterocycles. The van der Waals surface area contributed by atoms with E-state index in [0.717, 1.165) is 31.9 Å². The molecule has 2 aromatic carbocycles. The third kappa shape index (κ3) is 5.67. The average Bonchev–Trinajstić information content (AvgIpc) is 2.61. The predicted molar refractivity (Wildman–Crippen MR) is 105 cm³/mol. The number of halogens is 2. The molecule has 0 bridgehead atoms. The van der Waals surface area contributed by atoms with Gasteiger partial charge in [-0.05, 0) is 30.2 Å². The van der Waals surface area contributed by atoms with Crippen LogP contribution in [0.3, 0.4) is 0 Å². The molecule has 1 fully saturated rings. The summed E-state index contributed by atoms with van der Waals surface area (Å²) in [4.78, 5) is 2.52. The van der Waals surface area contributed by atoms with Gasteiger partial charge in [-0.3, -0.25) is 4.90 Å². The first-order chi connectivity index (χ1) is 10.8. The van der Waals surface area contributed by atoms with Gasteiger partial charge in [0.2, 0.25) is 0 Å². The van der Waals surface area contributed by atoms with Crippen LogP contribution in [0.5, 0.6) is 5.75 Å². The third-order valence-electron chi connectivity index (χ3n) is 4.29. The van der Waals surface area contributed by atoms with Crippen molar-refractivity contribution in [3.8, 4) is 5.75 Å². The molecule has 1 N–H and O–H groups in total. The molecule has 0 aromatic heterocycles. The van der Waals surface area contributed by atoms with Crippen LogP contribution in [0, 0.1) is 0 Å². The van der Waals surface area contributed by atoms with Crippen molar-refractivity contribution < 1.29 is 4.74 Å². The van der Waals surface area contributed by atoms with Crippen LogP contribution < -0.4 is 10.1 Å². The van der Waals surface area contributed by atoms with E-state index in [0.29, 0.717) is 12.6 Å². The Morgan fingerprint density at radius 2 is 1.71 bits per heavy atom. The topological polar surface area (TPSA) is 24.5 Å². The molecule has 0 amide bonds. The highest BCUT2D eigenvalue weighted by Gasteiger charge is 2.18. The summed E-state index contributed by atoms with van der Waals surface area (Å²) in [5.74, 6) is 0.948. The van der Waals surface area contributed by atoms with Gasteiger partial charge >= 0.3 is 0 Å². The molecule has 132 valence electrons. The van der Waals surface area contributed by atoms with Gasteiger partial charge in [-0.1, -0.05) is 42.5 Å². The molecule has 1 atom stereocenters. The number of piperazine rings is 1. The minimum Gasteiger partial charge on any atom is -0.489 e. The van der Waals surface area contributed by atoms with E-state index in [1.807, 2.05) is 24.3 Å². The smallest absolute Gasteiger partial charge is 0.120 e. The second kappa shape index (κ2) is 10.6. The van der Waals surface area contributed by atoms with Gasteiger partial charge in [0.1, 0.15) is 12.4 Å². The number of rotatable bonds is 5. The Morgan fingerprint density at radius 3 is 2.42 bits per heavy atom. The van der Waals surface area contributed by atoms with Crippen LogP contribution in [-0.4, -0.2) is 31.1 Å². The second-order valence-corrected chi connectivity index (χ2v) is 5.81. The molecule has 5 heteroatoms. The van der Waals surface area contributed by atoms with E-state index in [1.165, 1.54) is 11.1 Å². The standard InChI is InChI=1S/C19H24N2O.2ClH/c1-16(21-12-10-20-11-13-21)18-8-5-9-19(14-18)22-15-17-6-3-2-4-7-17;;/h2-9,14,16,20H,10-13,15H2,1H3;2*1H/t16-;;/m0../s1. The summed E-state index contributed by atoms with van der Waals surface area (Å²) in [5, 5.41) is 3.40. The van der Waals surface area contributed by atoms with E-state index in [4.69, 9.17) is 4.74 Å². The van der Waals surface area contributed by atoms with E-state index >= 15 is 0 Å². The highest BCUT2D eigenvalue weighted by atomic mass is 35.5. The highest BCUT2D eigenvalue weighted by molar-refractivity contribution is 5.85. The van der Waals surface area contributed by atoms with Crippen LogP contribution in [0.2, 0.25) is 0 Å². The summed E-state index contributed by atoms with van der Waals surface area (Å²) in [5.41, 5.74) is 2.52. The number of nitrogens with zero attached hydrogens (tertiary/aromatic N) is 1. The van der Waals surface area contributed by atoms with E-state index in [-0.39, 0.29) is 24.8 Å². The van der Waals surface area contributed by atoms with E-state index in [9.17, 15) is 0 Å². The lowest BCUT2D eigenvalue weighted by molar-refractivity contribution is 0.185. The van der Waals surface area contributed by atoms with Crippen molar-refractivity contribution in [3.05, 3.63) is 65.7 Å². The number of nitrogens with one attached hydrogen (secondary N) is 1. The predicted octanol–water partition coefficient (Wildman–Crippen LogP) is 4.08. The zero-order valence-corrected chi connectivity index (χ0v) is 15.6. The van der Waals surface area contributed by atoms with Crippen LogP contribution in [0.1, 0.15) is 24.1 Å². The molecule has 1 saturated heterocycles. The van der Waals surface area contributed by atoms with Crippen molar-refractivity contribution in [2.24, 2.45) is 0 Å². The molecule has 2 aromatic rings. The van der Waals surface area contributed by atoms with Gasteiger partial charge in [0, 0.05) is 32.2 Å². The van der Waals surface area contributed by atoms with Crippen LogP contribution in [-0.2, 0) is 6.61 Å². The minimum atomic E-state index is 0.